The van der Waals surface area contributed by atoms with Gasteiger partial charge < -0.3 is 19.6 Å². The first-order valence-corrected chi connectivity index (χ1v) is 8.48. The van der Waals surface area contributed by atoms with E-state index in [1.807, 2.05) is 35.9 Å². The third-order valence-electron chi connectivity index (χ3n) is 4.43. The largest absolute Gasteiger partial charge is 0.461 e. The highest BCUT2D eigenvalue weighted by molar-refractivity contribution is 6.01. The lowest BCUT2D eigenvalue weighted by Gasteiger charge is -2.07. The van der Waals surface area contributed by atoms with Crippen molar-refractivity contribution >= 4 is 22.9 Å². The molecule has 0 saturated heterocycles. The molecule has 2 aromatic heterocycles. The van der Waals surface area contributed by atoms with E-state index in [9.17, 15) is 9.59 Å². The lowest BCUT2D eigenvalue weighted by molar-refractivity contribution is 0.0519. The topological polar surface area (TPSA) is 89.0 Å². The Morgan fingerprint density at radius 2 is 2.00 bits per heavy atom. The minimum Gasteiger partial charge on any atom is -0.461 e. The number of esters is 1. The Bertz CT molecular complexity index is 984. The summed E-state index contributed by atoms with van der Waals surface area (Å²) in [5, 5.41) is 2.89. The van der Waals surface area contributed by atoms with E-state index in [2.05, 4.69) is 15.3 Å². The number of hydrogen-bond acceptors (Lipinski definition) is 4. The van der Waals surface area contributed by atoms with Gasteiger partial charge >= 0.3 is 5.97 Å². The number of ether oxygens (including phenoxy) is 1. The Labute approximate surface area is 151 Å². The zero-order valence-corrected chi connectivity index (χ0v) is 15.3. The summed E-state index contributed by atoms with van der Waals surface area (Å²) in [5.41, 5.74) is 3.90. The first-order valence-electron chi connectivity index (χ1n) is 8.48. The van der Waals surface area contributed by atoms with Crippen LogP contribution in [-0.4, -0.2) is 33.0 Å². The smallest absolute Gasteiger partial charge is 0.355 e. The van der Waals surface area contributed by atoms with Crippen molar-refractivity contribution in [2.24, 2.45) is 7.05 Å². The number of aromatic amines is 1. The van der Waals surface area contributed by atoms with Crippen LogP contribution in [0.4, 0.5) is 0 Å². The first kappa shape index (κ1) is 17.7. The van der Waals surface area contributed by atoms with Gasteiger partial charge in [0.05, 0.1) is 29.7 Å². The van der Waals surface area contributed by atoms with Gasteiger partial charge in [0.1, 0.15) is 11.5 Å². The van der Waals surface area contributed by atoms with Gasteiger partial charge in [-0.3, -0.25) is 4.79 Å². The fourth-order valence-corrected chi connectivity index (χ4v) is 3.10. The fourth-order valence-electron chi connectivity index (χ4n) is 3.10. The van der Waals surface area contributed by atoms with Crippen LogP contribution in [0.3, 0.4) is 0 Å². The molecule has 0 aliphatic carbocycles. The molecule has 26 heavy (non-hydrogen) atoms. The highest BCUT2D eigenvalue weighted by atomic mass is 16.5. The molecule has 0 fully saturated rings. The third-order valence-corrected chi connectivity index (χ3v) is 4.43. The summed E-state index contributed by atoms with van der Waals surface area (Å²) in [7, 11) is 1.92. The third kappa shape index (κ3) is 3.08. The Morgan fingerprint density at radius 1 is 1.27 bits per heavy atom. The molecule has 3 aromatic rings. The van der Waals surface area contributed by atoms with Crippen molar-refractivity contribution in [1.29, 1.82) is 0 Å². The van der Waals surface area contributed by atoms with Crippen LogP contribution in [-0.2, 0) is 18.3 Å². The molecule has 0 atom stereocenters. The van der Waals surface area contributed by atoms with E-state index in [1.54, 1.807) is 20.8 Å². The van der Waals surface area contributed by atoms with E-state index >= 15 is 0 Å². The van der Waals surface area contributed by atoms with Crippen LogP contribution in [0.15, 0.2) is 24.3 Å². The number of hydrogen-bond donors (Lipinski definition) is 2. The second kappa shape index (κ2) is 7.03. The molecule has 1 aromatic carbocycles. The number of nitrogens with one attached hydrogen (secondary N) is 2. The van der Waals surface area contributed by atoms with Gasteiger partial charge in [0.2, 0.25) is 0 Å². The number of aryl methyl sites for hydroxylation is 2. The minimum atomic E-state index is -0.456. The predicted molar refractivity (Wildman–Crippen MR) is 98.1 cm³/mol. The Kier molecular flexibility index (Phi) is 4.79. The first-order chi connectivity index (χ1) is 12.4. The maximum Gasteiger partial charge on any atom is 0.355 e. The Morgan fingerprint density at radius 3 is 2.69 bits per heavy atom. The second-order valence-electron chi connectivity index (χ2n) is 6.10. The molecular weight excluding hydrogens is 332 g/mol. The van der Waals surface area contributed by atoms with Crippen LogP contribution in [0.2, 0.25) is 0 Å². The lowest BCUT2D eigenvalue weighted by Crippen LogP contribution is -2.25. The molecule has 0 bridgehead atoms. The molecule has 3 rings (SSSR count). The summed E-state index contributed by atoms with van der Waals surface area (Å²) in [4.78, 5) is 32.1. The molecule has 7 heteroatoms. The molecule has 1 amide bonds. The summed E-state index contributed by atoms with van der Waals surface area (Å²) >= 11 is 0. The zero-order chi connectivity index (χ0) is 18.8. The van der Waals surface area contributed by atoms with E-state index in [1.165, 1.54) is 0 Å². The van der Waals surface area contributed by atoms with E-state index in [-0.39, 0.29) is 12.5 Å². The summed E-state index contributed by atoms with van der Waals surface area (Å²) in [6.07, 6.45) is 0. The average Bonchev–Trinajstić information content (AvgIpc) is 3.10. The molecule has 0 aliphatic heterocycles. The molecule has 136 valence electrons. The van der Waals surface area contributed by atoms with Gasteiger partial charge in [0.25, 0.3) is 5.91 Å². The number of carbonyl (C=O) groups is 2. The van der Waals surface area contributed by atoms with E-state index < -0.39 is 5.97 Å². The van der Waals surface area contributed by atoms with Crippen molar-refractivity contribution in [2.45, 2.75) is 27.3 Å². The second-order valence-corrected chi connectivity index (χ2v) is 6.10. The number of benzene rings is 1. The maximum atomic E-state index is 12.7. The SMILES string of the molecule is CCOC(=O)c1[nH]c(C)c(C(=O)NCc2nc3ccccc3n2C)c1C. The molecule has 0 spiro atoms. The van der Waals surface area contributed by atoms with E-state index in [0.717, 1.165) is 16.9 Å². The number of rotatable bonds is 5. The number of nitrogens with zero attached hydrogens (tertiary/aromatic N) is 2. The van der Waals surface area contributed by atoms with Crippen LogP contribution < -0.4 is 5.32 Å². The van der Waals surface area contributed by atoms with Crippen LogP contribution in [0, 0.1) is 13.8 Å². The molecule has 2 N–H and O–H groups in total. The van der Waals surface area contributed by atoms with Crippen molar-refractivity contribution < 1.29 is 14.3 Å². The van der Waals surface area contributed by atoms with Crippen molar-refractivity contribution in [3.8, 4) is 0 Å². The molecule has 0 radical (unpaired) electrons. The standard InChI is InChI=1S/C19H22N4O3/c1-5-26-19(25)17-11(2)16(12(3)21-17)18(24)20-10-15-22-13-8-6-7-9-14(13)23(15)4/h6-9,21H,5,10H2,1-4H3,(H,20,24). The molecule has 0 aliphatic rings. The van der Waals surface area contributed by atoms with Gasteiger partial charge in [0, 0.05) is 12.7 Å². The van der Waals surface area contributed by atoms with E-state index in [4.69, 9.17) is 4.74 Å². The van der Waals surface area contributed by atoms with Gasteiger partial charge in [-0.05, 0) is 38.5 Å². The summed E-state index contributed by atoms with van der Waals surface area (Å²) in [6, 6.07) is 7.81. The van der Waals surface area contributed by atoms with Crippen molar-refractivity contribution in [1.82, 2.24) is 19.9 Å². The Balaban J connectivity index is 1.80. The molecule has 0 saturated carbocycles. The number of para-hydroxylation sites is 2. The monoisotopic (exact) mass is 354 g/mol. The molecule has 7 nitrogen and oxygen atoms in total. The number of carbonyl (C=O) groups excluding carboxylic acids is 2. The van der Waals surface area contributed by atoms with Crippen LogP contribution in [0.1, 0.15) is 44.9 Å². The normalized spacial score (nSPS) is 10.9. The van der Waals surface area contributed by atoms with Crippen molar-refractivity contribution in [3.05, 3.63) is 52.6 Å². The minimum absolute atomic E-state index is 0.251. The van der Waals surface area contributed by atoms with Crippen molar-refractivity contribution in [2.75, 3.05) is 6.61 Å². The van der Waals surface area contributed by atoms with Crippen LogP contribution in [0.25, 0.3) is 11.0 Å². The van der Waals surface area contributed by atoms with Gasteiger partial charge in [-0.15, -0.1) is 0 Å². The highest BCUT2D eigenvalue weighted by Crippen LogP contribution is 2.19. The van der Waals surface area contributed by atoms with Crippen LogP contribution >= 0.6 is 0 Å². The van der Waals surface area contributed by atoms with Crippen LogP contribution in [0.5, 0.6) is 0 Å². The number of aromatic nitrogens is 3. The van der Waals surface area contributed by atoms with Gasteiger partial charge in [-0.1, -0.05) is 12.1 Å². The lowest BCUT2D eigenvalue weighted by atomic mass is 10.1. The maximum absolute atomic E-state index is 12.7. The number of amides is 1. The quantitative estimate of drug-likeness (QED) is 0.689. The van der Waals surface area contributed by atoms with Gasteiger partial charge in [0.15, 0.2) is 0 Å². The van der Waals surface area contributed by atoms with Crippen molar-refractivity contribution in [3.63, 3.8) is 0 Å². The molecular formula is C19H22N4O3. The average molecular weight is 354 g/mol. The molecule has 0 unspecified atom stereocenters. The summed E-state index contributed by atoms with van der Waals surface area (Å²) in [5.74, 6) is 0.0531. The van der Waals surface area contributed by atoms with E-state index in [0.29, 0.717) is 29.1 Å². The number of H-pyrrole nitrogens is 1. The van der Waals surface area contributed by atoms with Gasteiger partial charge in [-0.2, -0.15) is 0 Å². The number of imidazole rings is 1. The van der Waals surface area contributed by atoms with Gasteiger partial charge in [-0.25, -0.2) is 9.78 Å². The predicted octanol–water partition coefficient (Wildman–Crippen LogP) is 2.62. The molecule has 2 heterocycles. The summed E-state index contributed by atoms with van der Waals surface area (Å²) in [6.45, 7) is 5.82. The number of fused-ring (bicyclic) bond motifs is 1. The zero-order valence-electron chi connectivity index (χ0n) is 15.3. The highest BCUT2D eigenvalue weighted by Gasteiger charge is 2.22. The fraction of sp³-hybridized carbons (Fsp3) is 0.316. The Hall–Kier alpha value is -3.09. The summed E-state index contributed by atoms with van der Waals surface area (Å²) < 4.78 is 6.98.